The van der Waals surface area contributed by atoms with Gasteiger partial charge < -0.3 is 9.47 Å². The van der Waals surface area contributed by atoms with Gasteiger partial charge in [0, 0.05) is 0 Å². The van der Waals surface area contributed by atoms with Gasteiger partial charge >= 0.3 is 6.18 Å². The summed E-state index contributed by atoms with van der Waals surface area (Å²) >= 11 is 0. The molecule has 1 aliphatic heterocycles. The molecule has 0 bridgehead atoms. The van der Waals surface area contributed by atoms with Gasteiger partial charge in [-0.3, -0.25) is 0 Å². The minimum atomic E-state index is -4.28. The summed E-state index contributed by atoms with van der Waals surface area (Å²) in [7, 11) is 0. The summed E-state index contributed by atoms with van der Waals surface area (Å²) in [6.07, 6.45) is 5.02. The zero-order valence-corrected chi connectivity index (χ0v) is 12.3. The first kappa shape index (κ1) is 17.5. The van der Waals surface area contributed by atoms with Crippen molar-refractivity contribution in [2.45, 2.75) is 77.4 Å². The predicted octanol–water partition coefficient (Wildman–Crippen LogP) is 4.99. The van der Waals surface area contributed by atoms with Gasteiger partial charge in [-0.2, -0.15) is 13.2 Å². The first-order valence-corrected chi connectivity index (χ1v) is 7.43. The molecule has 2 unspecified atom stereocenters. The van der Waals surface area contributed by atoms with E-state index in [2.05, 4.69) is 11.7 Å². The fourth-order valence-corrected chi connectivity index (χ4v) is 2.09. The Labute approximate surface area is 119 Å². The largest absolute Gasteiger partial charge is 0.411 e. The van der Waals surface area contributed by atoms with Crippen LogP contribution in [-0.4, -0.2) is 25.2 Å². The lowest BCUT2D eigenvalue weighted by molar-refractivity contribution is -0.184. The van der Waals surface area contributed by atoms with Gasteiger partial charge in [0.1, 0.15) is 12.7 Å². The monoisotopic (exact) mass is 294 g/mol. The van der Waals surface area contributed by atoms with E-state index < -0.39 is 19.1 Å². The van der Waals surface area contributed by atoms with Gasteiger partial charge in [-0.25, -0.2) is 0 Å². The van der Waals surface area contributed by atoms with E-state index in [4.69, 9.17) is 4.74 Å². The van der Waals surface area contributed by atoms with E-state index in [9.17, 15) is 13.2 Å². The van der Waals surface area contributed by atoms with Crippen molar-refractivity contribution in [2.24, 2.45) is 0 Å². The van der Waals surface area contributed by atoms with Crippen LogP contribution < -0.4 is 0 Å². The smallest absolute Gasteiger partial charge is 0.340 e. The lowest BCUT2D eigenvalue weighted by atomic mass is 10.1. The Kier molecular flexibility index (Phi) is 7.59. The molecule has 0 radical (unpaired) electrons. The average Bonchev–Trinajstić information content (AvgIpc) is 3.08. The molecule has 1 heterocycles. The molecule has 20 heavy (non-hydrogen) atoms. The fourth-order valence-electron chi connectivity index (χ4n) is 2.09. The first-order valence-electron chi connectivity index (χ1n) is 7.43. The van der Waals surface area contributed by atoms with E-state index >= 15 is 0 Å². The maximum absolute atomic E-state index is 11.9. The van der Waals surface area contributed by atoms with Crippen LogP contribution in [0.4, 0.5) is 13.2 Å². The molecule has 2 atom stereocenters. The molecule has 0 aromatic carbocycles. The third-order valence-corrected chi connectivity index (χ3v) is 3.27. The number of rotatable bonds is 10. The highest BCUT2D eigenvalue weighted by molar-refractivity contribution is 5.07. The third kappa shape index (κ3) is 8.59. The Morgan fingerprint density at radius 2 is 1.80 bits per heavy atom. The van der Waals surface area contributed by atoms with Gasteiger partial charge in [-0.1, -0.05) is 50.7 Å². The summed E-state index contributed by atoms with van der Waals surface area (Å²) in [5, 5.41) is 0. The first-order chi connectivity index (χ1) is 9.42. The number of hydrogen-bond donors (Lipinski definition) is 0. The van der Waals surface area contributed by atoms with E-state index in [1.807, 2.05) is 13.0 Å². The molecular weight excluding hydrogens is 269 g/mol. The Morgan fingerprint density at radius 1 is 1.15 bits per heavy atom. The van der Waals surface area contributed by atoms with Crippen molar-refractivity contribution in [2.75, 3.05) is 6.61 Å². The minimum Gasteiger partial charge on any atom is -0.340 e. The maximum Gasteiger partial charge on any atom is 0.411 e. The van der Waals surface area contributed by atoms with Crippen molar-refractivity contribution in [3.8, 4) is 0 Å². The molecule has 2 nitrogen and oxygen atoms in total. The Morgan fingerprint density at radius 3 is 2.45 bits per heavy atom. The Bertz CT molecular complexity index is 300. The molecule has 1 fully saturated rings. The van der Waals surface area contributed by atoms with E-state index in [-0.39, 0.29) is 6.10 Å². The number of alkyl halides is 3. The van der Waals surface area contributed by atoms with Crippen molar-refractivity contribution in [3.05, 3.63) is 11.6 Å². The van der Waals surface area contributed by atoms with Crippen LogP contribution in [0.15, 0.2) is 11.6 Å². The van der Waals surface area contributed by atoms with Crippen molar-refractivity contribution in [3.63, 3.8) is 0 Å². The molecule has 5 heteroatoms. The number of halogens is 3. The predicted molar refractivity (Wildman–Crippen MR) is 72.4 cm³/mol. The van der Waals surface area contributed by atoms with Crippen molar-refractivity contribution >= 4 is 0 Å². The molecule has 0 amide bonds. The van der Waals surface area contributed by atoms with Crippen LogP contribution in [0.25, 0.3) is 0 Å². The molecule has 1 rings (SSSR count). The van der Waals surface area contributed by atoms with Crippen LogP contribution in [0.3, 0.4) is 0 Å². The van der Waals surface area contributed by atoms with E-state index in [1.54, 1.807) is 0 Å². The lowest BCUT2D eigenvalue weighted by Crippen LogP contribution is -2.18. The number of allylic oxidation sites excluding steroid dienone is 1. The topological polar surface area (TPSA) is 21.8 Å². The van der Waals surface area contributed by atoms with E-state index in [1.165, 1.54) is 37.7 Å². The number of hydrogen-bond acceptors (Lipinski definition) is 2. The second-order valence-corrected chi connectivity index (χ2v) is 5.43. The van der Waals surface area contributed by atoms with Crippen molar-refractivity contribution in [1.29, 1.82) is 0 Å². The second-order valence-electron chi connectivity index (χ2n) is 5.43. The summed E-state index contributed by atoms with van der Waals surface area (Å²) in [6.45, 7) is 2.95. The zero-order valence-electron chi connectivity index (χ0n) is 12.3. The summed E-state index contributed by atoms with van der Waals surface area (Å²) in [4.78, 5) is 0. The molecule has 0 aromatic rings. The average molecular weight is 294 g/mol. The van der Waals surface area contributed by atoms with Crippen molar-refractivity contribution < 1.29 is 22.6 Å². The quantitative estimate of drug-likeness (QED) is 0.322. The highest BCUT2D eigenvalue weighted by Gasteiger charge is 2.41. The second kappa shape index (κ2) is 8.67. The third-order valence-electron chi connectivity index (χ3n) is 3.27. The minimum absolute atomic E-state index is 0.294. The van der Waals surface area contributed by atoms with Crippen molar-refractivity contribution in [1.82, 2.24) is 0 Å². The van der Waals surface area contributed by atoms with Gasteiger partial charge in [0.25, 0.3) is 0 Å². The molecule has 0 aliphatic carbocycles. The molecule has 0 N–H and O–H groups in total. The van der Waals surface area contributed by atoms with Gasteiger partial charge in [0.2, 0.25) is 0 Å². The van der Waals surface area contributed by atoms with E-state index in [0.717, 1.165) is 12.8 Å². The van der Waals surface area contributed by atoms with Gasteiger partial charge in [-0.15, -0.1) is 0 Å². The Balaban J connectivity index is 2.05. The normalized spacial score (nSPS) is 23.1. The van der Waals surface area contributed by atoms with Gasteiger partial charge in [0.05, 0.1) is 0 Å². The number of ether oxygens (including phenoxy) is 2. The number of epoxide rings is 1. The van der Waals surface area contributed by atoms with Crippen LogP contribution in [0.2, 0.25) is 0 Å². The van der Waals surface area contributed by atoms with Crippen LogP contribution in [0.5, 0.6) is 0 Å². The van der Waals surface area contributed by atoms with Crippen LogP contribution in [-0.2, 0) is 9.47 Å². The van der Waals surface area contributed by atoms with Crippen LogP contribution >= 0.6 is 0 Å². The van der Waals surface area contributed by atoms with Gasteiger partial charge in [-0.05, 0) is 19.8 Å². The summed E-state index contributed by atoms with van der Waals surface area (Å²) in [5.74, 6) is 0. The summed E-state index contributed by atoms with van der Waals surface area (Å²) in [5.41, 5.74) is 1.17. The highest BCUT2D eigenvalue weighted by Crippen LogP contribution is 2.29. The molecule has 0 spiro atoms. The molecule has 1 saturated heterocycles. The molecule has 118 valence electrons. The molecule has 1 aliphatic rings. The molecule has 0 saturated carbocycles. The van der Waals surface area contributed by atoms with Gasteiger partial charge in [0.15, 0.2) is 6.29 Å². The summed E-state index contributed by atoms with van der Waals surface area (Å²) < 4.78 is 45.4. The van der Waals surface area contributed by atoms with Crippen LogP contribution in [0.1, 0.15) is 58.8 Å². The van der Waals surface area contributed by atoms with Crippen LogP contribution in [0, 0.1) is 0 Å². The van der Waals surface area contributed by atoms with E-state index in [0.29, 0.717) is 0 Å². The highest BCUT2D eigenvalue weighted by atomic mass is 19.4. The number of unbranched alkanes of at least 4 members (excludes halogenated alkanes) is 5. The lowest BCUT2D eigenvalue weighted by Gasteiger charge is -2.04. The molecular formula is C15H25F3O2. The maximum atomic E-state index is 11.9. The standard InChI is InChI=1S/C15H25F3O2/c1-3-4-5-6-7-8-9-12(2)10-13-14(20-13)19-11-15(16,17)18/h10,13-14H,3-9,11H2,1-2H3/b12-10+. The Hall–Kier alpha value is -0.550. The molecule has 0 aromatic heterocycles. The summed E-state index contributed by atoms with van der Waals surface area (Å²) in [6, 6.07) is 0. The zero-order chi connectivity index (χ0) is 15.0. The fraction of sp³-hybridized carbons (Fsp3) is 0.867. The SMILES string of the molecule is CCCCCCCC/C(C)=C/C1OC1OCC(F)(F)F.